The monoisotopic (exact) mass is 422 g/mol. The lowest BCUT2D eigenvalue weighted by atomic mass is 10.0. The van der Waals surface area contributed by atoms with Crippen molar-refractivity contribution in [3.63, 3.8) is 0 Å². The van der Waals surface area contributed by atoms with Gasteiger partial charge in [-0.1, -0.05) is 47.9 Å². The molecule has 3 rings (SSSR count). The number of carboxylic acid groups (broad SMARTS) is 1. The van der Waals surface area contributed by atoms with E-state index in [9.17, 15) is 15.0 Å². The molecule has 0 radical (unpaired) electrons. The normalized spacial score (nSPS) is 18.7. The van der Waals surface area contributed by atoms with E-state index in [2.05, 4.69) is 5.32 Å². The zero-order valence-electron chi connectivity index (χ0n) is 26.8. The standard InChI is InChI=1S/C23H23ClN2O3/c24-20-8-2-6-18(13-20)22(27)15-25-10-11-26-21-9-3-5-17(14-21)16-4-1-7-19(12-16)23(28)29/h1-9,12-14,22,25-27H,10-11,15H2,(H,28,29)/t22-/m0/s1/i1D,3D,4D,5D,7D,9D,10D2,11D2,12D,14D. The lowest BCUT2D eigenvalue weighted by molar-refractivity contribution is 0.0697. The van der Waals surface area contributed by atoms with Crippen molar-refractivity contribution in [2.45, 2.75) is 6.10 Å². The van der Waals surface area contributed by atoms with Crippen molar-refractivity contribution < 1.29 is 31.5 Å². The zero-order chi connectivity index (χ0) is 31.2. The molecule has 3 aromatic carbocycles. The van der Waals surface area contributed by atoms with Crippen molar-refractivity contribution in [3.8, 4) is 11.1 Å². The van der Waals surface area contributed by atoms with Gasteiger partial charge in [-0.05, 0) is 53.0 Å². The molecular weight excluding hydrogens is 388 g/mol. The van der Waals surface area contributed by atoms with Gasteiger partial charge in [0, 0.05) is 33.0 Å². The number of hydrogen-bond donors (Lipinski definition) is 4. The number of aliphatic hydroxyl groups is 1. The number of anilines is 1. The van der Waals surface area contributed by atoms with Crippen LogP contribution in [0.2, 0.25) is 5.02 Å². The van der Waals surface area contributed by atoms with E-state index in [4.69, 9.17) is 28.1 Å². The fourth-order valence-electron chi connectivity index (χ4n) is 2.22. The summed E-state index contributed by atoms with van der Waals surface area (Å²) in [6, 6.07) is -1.37. The van der Waals surface area contributed by atoms with Crippen LogP contribution in [0.5, 0.6) is 0 Å². The van der Waals surface area contributed by atoms with E-state index in [1.807, 2.05) is 5.32 Å². The first-order chi connectivity index (χ1) is 18.8. The van der Waals surface area contributed by atoms with E-state index in [1.54, 1.807) is 12.1 Å². The maximum atomic E-state index is 11.7. The summed E-state index contributed by atoms with van der Waals surface area (Å²) in [5.74, 6) is -1.79. The number of nitrogens with one attached hydrogen (secondary N) is 2. The fourth-order valence-corrected chi connectivity index (χ4v) is 2.42. The van der Waals surface area contributed by atoms with Crippen LogP contribution in [0.4, 0.5) is 5.69 Å². The predicted molar refractivity (Wildman–Crippen MR) is 117 cm³/mol. The van der Waals surface area contributed by atoms with Crippen molar-refractivity contribution in [1.29, 1.82) is 0 Å². The Morgan fingerprint density at radius 2 is 1.90 bits per heavy atom. The minimum absolute atomic E-state index is 0.310. The summed E-state index contributed by atoms with van der Waals surface area (Å²) in [6.07, 6.45) is -1.31. The first-order valence-corrected chi connectivity index (χ1v) is 8.62. The van der Waals surface area contributed by atoms with Crippen LogP contribution in [0.3, 0.4) is 0 Å². The molecule has 0 saturated carbocycles. The van der Waals surface area contributed by atoms with Crippen LogP contribution < -0.4 is 10.6 Å². The molecule has 29 heavy (non-hydrogen) atoms. The number of halogens is 1. The summed E-state index contributed by atoms with van der Waals surface area (Å²) in [5, 5.41) is 24.4. The maximum absolute atomic E-state index is 11.7. The molecule has 1 atom stereocenters. The van der Waals surface area contributed by atoms with E-state index >= 15 is 0 Å². The molecule has 0 aliphatic heterocycles. The third kappa shape index (κ3) is 6.06. The van der Waals surface area contributed by atoms with E-state index in [0.29, 0.717) is 10.6 Å². The van der Waals surface area contributed by atoms with Crippen molar-refractivity contribution in [2.75, 3.05) is 24.9 Å². The predicted octanol–water partition coefficient (Wildman–Crippen LogP) is 4.44. The molecule has 150 valence electrons. The molecule has 0 fully saturated rings. The molecule has 0 bridgehead atoms. The Bertz CT molecular complexity index is 1540. The minimum Gasteiger partial charge on any atom is -0.478 e. The molecule has 0 spiro atoms. The molecule has 6 heteroatoms. The van der Waals surface area contributed by atoms with Crippen molar-refractivity contribution in [2.24, 2.45) is 0 Å². The Kier molecular flexibility index (Phi) is 3.56. The van der Waals surface area contributed by atoms with E-state index in [0.717, 1.165) is 0 Å². The first kappa shape index (κ1) is 10.3. The van der Waals surface area contributed by atoms with Gasteiger partial charge >= 0.3 is 5.97 Å². The van der Waals surface area contributed by atoms with Gasteiger partial charge in [-0.15, -0.1) is 0 Å². The Balaban J connectivity index is 2.09. The molecule has 0 saturated heterocycles. The van der Waals surface area contributed by atoms with Crippen LogP contribution in [-0.4, -0.2) is 35.7 Å². The van der Waals surface area contributed by atoms with E-state index in [-0.39, 0.29) is 0 Å². The highest BCUT2D eigenvalue weighted by atomic mass is 35.5. The smallest absolute Gasteiger partial charge is 0.335 e. The van der Waals surface area contributed by atoms with Crippen molar-refractivity contribution in [1.82, 2.24) is 5.32 Å². The third-order valence-corrected chi connectivity index (χ3v) is 3.82. The highest BCUT2D eigenvalue weighted by molar-refractivity contribution is 6.30. The number of rotatable bonds is 9. The van der Waals surface area contributed by atoms with Gasteiger partial charge in [0.25, 0.3) is 0 Å². The van der Waals surface area contributed by atoms with Crippen LogP contribution in [-0.2, 0) is 0 Å². The summed E-state index contributed by atoms with van der Waals surface area (Å²) in [6.45, 7) is -6.64. The number of hydrogen-bond acceptors (Lipinski definition) is 4. The van der Waals surface area contributed by atoms with Gasteiger partial charge in [0.2, 0.25) is 0 Å². The average Bonchev–Trinajstić information content (AvgIpc) is 2.89. The average molecular weight is 423 g/mol. The Hall–Kier alpha value is -2.86. The van der Waals surface area contributed by atoms with E-state index < -0.39 is 102 Å². The van der Waals surface area contributed by atoms with Gasteiger partial charge in [-0.3, -0.25) is 0 Å². The summed E-state index contributed by atoms with van der Waals surface area (Å²) in [4.78, 5) is 11.7. The lowest BCUT2D eigenvalue weighted by Crippen LogP contribution is -2.26. The Labute approximate surface area is 191 Å². The lowest BCUT2D eigenvalue weighted by Gasteiger charge is -2.13. The second kappa shape index (κ2) is 10.1. The quantitative estimate of drug-likeness (QED) is 0.410. The van der Waals surface area contributed by atoms with Crippen LogP contribution in [0, 0.1) is 0 Å². The van der Waals surface area contributed by atoms with Gasteiger partial charge in [0.15, 0.2) is 0 Å². The van der Waals surface area contributed by atoms with Gasteiger partial charge in [0.05, 0.1) is 25.4 Å². The second-order valence-electron chi connectivity index (χ2n) is 5.63. The van der Waals surface area contributed by atoms with Crippen LogP contribution in [0.15, 0.2) is 72.6 Å². The highest BCUT2D eigenvalue weighted by Crippen LogP contribution is 2.23. The summed E-state index contributed by atoms with van der Waals surface area (Å²) in [5.41, 5.74) is -3.01. The first-order valence-electron chi connectivity index (χ1n) is 14.2. The largest absolute Gasteiger partial charge is 0.478 e. The number of carboxylic acids is 1. The highest BCUT2D eigenvalue weighted by Gasteiger charge is 2.07. The third-order valence-electron chi connectivity index (χ3n) is 3.58. The van der Waals surface area contributed by atoms with Gasteiger partial charge in [0.1, 0.15) is 0 Å². The van der Waals surface area contributed by atoms with Crippen molar-refractivity contribution >= 4 is 23.3 Å². The summed E-state index contributed by atoms with van der Waals surface area (Å²) >= 11 is 5.90. The molecule has 0 aromatic heterocycles. The molecule has 0 unspecified atom stereocenters. The molecule has 0 amide bonds. The SMILES string of the molecule is [2H]c1c([2H])c(NC([2H])([2H])C([2H])([2H])NC[C@H](O)c2cccc(Cl)c2)c([2H])c(-c2c([2H])c([2H])c([2H])c(C(=O)O)c2[2H])c1[2H]. The number of aromatic carboxylic acids is 1. The van der Waals surface area contributed by atoms with Gasteiger partial charge < -0.3 is 20.8 Å². The van der Waals surface area contributed by atoms with Gasteiger partial charge in [-0.25, -0.2) is 4.79 Å². The molecular formula is C23H23ClN2O3. The Morgan fingerprint density at radius 3 is 2.66 bits per heavy atom. The maximum Gasteiger partial charge on any atom is 0.335 e. The second-order valence-corrected chi connectivity index (χ2v) is 6.07. The van der Waals surface area contributed by atoms with E-state index in [1.165, 1.54) is 12.1 Å². The number of aliphatic hydroxyl groups excluding tert-OH is 1. The van der Waals surface area contributed by atoms with Crippen molar-refractivity contribution in [3.05, 3.63) is 88.8 Å². The molecule has 0 heterocycles. The Morgan fingerprint density at radius 1 is 1.14 bits per heavy atom. The molecule has 3 aromatic rings. The minimum atomic E-state index is -3.15. The van der Waals surface area contributed by atoms with Crippen LogP contribution in [0.1, 0.15) is 38.5 Å². The zero-order valence-corrected chi connectivity index (χ0v) is 15.5. The molecule has 5 nitrogen and oxygen atoms in total. The van der Waals surface area contributed by atoms with Gasteiger partial charge in [-0.2, -0.15) is 0 Å². The number of carbonyl (C=O) groups is 1. The molecule has 0 aliphatic rings. The molecule has 4 N–H and O–H groups in total. The summed E-state index contributed by atoms with van der Waals surface area (Å²) < 4.78 is 98.5. The topological polar surface area (TPSA) is 81.6 Å². The van der Waals surface area contributed by atoms with Crippen LogP contribution in [0.25, 0.3) is 11.1 Å². The fraction of sp³-hybridized carbons (Fsp3) is 0.174. The molecule has 0 aliphatic carbocycles. The van der Waals surface area contributed by atoms with Crippen LogP contribution >= 0.6 is 11.6 Å². The summed E-state index contributed by atoms with van der Waals surface area (Å²) in [7, 11) is 0. The number of benzene rings is 3.